The average Bonchev–Trinajstić information content (AvgIpc) is 3.40. The number of imide groups is 1. The minimum atomic E-state index is -0.574. The first kappa shape index (κ1) is 18.1. The van der Waals surface area contributed by atoms with Crippen LogP contribution in [-0.2, 0) is 20.8 Å². The second-order valence-corrected chi connectivity index (χ2v) is 8.43. The number of ether oxygens (including phenoxy) is 1. The van der Waals surface area contributed by atoms with E-state index in [9.17, 15) is 14.4 Å². The van der Waals surface area contributed by atoms with Gasteiger partial charge in [0.05, 0.1) is 11.8 Å². The molecule has 1 saturated heterocycles. The molecule has 3 fully saturated rings. The van der Waals surface area contributed by atoms with Crippen LogP contribution in [0.2, 0.25) is 0 Å². The van der Waals surface area contributed by atoms with Gasteiger partial charge in [0.2, 0.25) is 11.8 Å². The summed E-state index contributed by atoms with van der Waals surface area (Å²) in [6.07, 6.45) is 3.84. The summed E-state index contributed by atoms with van der Waals surface area (Å²) in [5.74, 6) is -0.275. The van der Waals surface area contributed by atoms with Gasteiger partial charge in [-0.3, -0.25) is 14.5 Å². The molecule has 0 radical (unpaired) electrons. The largest absolute Gasteiger partial charge is 0.425 e. The maximum atomic E-state index is 12.7. The molecule has 2 bridgehead atoms. The van der Waals surface area contributed by atoms with Crippen LogP contribution in [-0.4, -0.2) is 29.2 Å². The van der Waals surface area contributed by atoms with Gasteiger partial charge in [-0.05, 0) is 60.8 Å². The van der Waals surface area contributed by atoms with Gasteiger partial charge in [-0.15, -0.1) is 0 Å². The molecule has 0 N–H and O–H groups in total. The van der Waals surface area contributed by atoms with Crippen molar-refractivity contribution >= 4 is 17.8 Å². The van der Waals surface area contributed by atoms with Gasteiger partial charge >= 0.3 is 5.97 Å². The Bertz CT molecular complexity index is 925. The average molecular weight is 389 g/mol. The van der Waals surface area contributed by atoms with E-state index in [0.717, 1.165) is 36.1 Å². The molecule has 0 unspecified atom stereocenters. The number of esters is 1. The van der Waals surface area contributed by atoms with Crippen molar-refractivity contribution in [3.05, 3.63) is 65.7 Å². The maximum absolute atomic E-state index is 12.7. The third-order valence-electron chi connectivity index (χ3n) is 6.71. The normalized spacial score (nSPS) is 27.4. The number of hydrogen-bond donors (Lipinski definition) is 0. The number of nitrogens with zero attached hydrogens (tertiary/aromatic N) is 1. The van der Waals surface area contributed by atoms with E-state index in [4.69, 9.17) is 4.74 Å². The fourth-order valence-electron chi connectivity index (χ4n) is 5.43. The Morgan fingerprint density at radius 3 is 2.07 bits per heavy atom. The van der Waals surface area contributed by atoms with Crippen molar-refractivity contribution in [3.8, 4) is 5.75 Å². The molecule has 2 saturated carbocycles. The molecule has 2 aliphatic carbocycles. The minimum absolute atomic E-state index is 0.178. The molecule has 5 nitrogen and oxygen atoms in total. The van der Waals surface area contributed by atoms with Crippen molar-refractivity contribution in [2.75, 3.05) is 6.54 Å². The molecule has 5 heteroatoms. The summed E-state index contributed by atoms with van der Waals surface area (Å²) >= 11 is 0. The number of carbonyl (C=O) groups excluding carboxylic acids is 3. The first-order valence-electron chi connectivity index (χ1n) is 10.3. The van der Waals surface area contributed by atoms with E-state index in [1.54, 1.807) is 12.1 Å². The summed E-state index contributed by atoms with van der Waals surface area (Å²) in [6, 6.07) is 17.5. The third kappa shape index (κ3) is 3.24. The van der Waals surface area contributed by atoms with Crippen molar-refractivity contribution < 1.29 is 19.1 Å². The molecule has 2 amide bonds. The number of hydrogen-bond acceptors (Lipinski definition) is 4. The van der Waals surface area contributed by atoms with Crippen LogP contribution < -0.4 is 4.74 Å². The van der Waals surface area contributed by atoms with Crippen LogP contribution in [0.25, 0.3) is 0 Å². The first-order chi connectivity index (χ1) is 14.1. The molecule has 1 aliphatic heterocycles. The second kappa shape index (κ2) is 7.14. The van der Waals surface area contributed by atoms with Crippen LogP contribution in [0.1, 0.15) is 30.4 Å². The second-order valence-electron chi connectivity index (χ2n) is 8.43. The standard InChI is InChI=1S/C24H23NO4/c26-20(14-25-23(27)21-17-8-9-18(13-17)22(21)24(25)28)29-19-10-6-16(7-11-19)12-15-4-2-1-3-5-15/h1-7,10-11,17-18,21-22H,8-9,12-14H2/t17-,18-,21-,22+/m0/s1. The Kier molecular flexibility index (Phi) is 4.46. The van der Waals surface area contributed by atoms with Gasteiger partial charge in [0, 0.05) is 0 Å². The predicted molar refractivity (Wildman–Crippen MR) is 106 cm³/mol. The van der Waals surface area contributed by atoms with Gasteiger partial charge in [0.15, 0.2) is 0 Å². The van der Waals surface area contributed by atoms with E-state index < -0.39 is 5.97 Å². The fourth-order valence-corrected chi connectivity index (χ4v) is 5.43. The molecule has 29 heavy (non-hydrogen) atoms. The van der Waals surface area contributed by atoms with Crippen LogP contribution in [0.5, 0.6) is 5.75 Å². The van der Waals surface area contributed by atoms with Crippen molar-refractivity contribution in [2.24, 2.45) is 23.7 Å². The van der Waals surface area contributed by atoms with Gasteiger partial charge in [0.1, 0.15) is 12.3 Å². The number of benzene rings is 2. The topological polar surface area (TPSA) is 63.7 Å². The van der Waals surface area contributed by atoms with Crippen LogP contribution >= 0.6 is 0 Å². The molecule has 5 rings (SSSR count). The van der Waals surface area contributed by atoms with E-state index in [2.05, 4.69) is 12.1 Å². The van der Waals surface area contributed by atoms with E-state index in [1.807, 2.05) is 30.3 Å². The lowest BCUT2D eigenvalue weighted by molar-refractivity contribution is -0.148. The highest BCUT2D eigenvalue weighted by atomic mass is 16.5. The summed E-state index contributed by atoms with van der Waals surface area (Å²) in [5.41, 5.74) is 2.33. The fraction of sp³-hybridized carbons (Fsp3) is 0.375. The van der Waals surface area contributed by atoms with Gasteiger partial charge in [0.25, 0.3) is 0 Å². The molecule has 2 aromatic carbocycles. The molecule has 148 valence electrons. The Morgan fingerprint density at radius 2 is 1.45 bits per heavy atom. The number of carbonyl (C=O) groups is 3. The first-order valence-corrected chi connectivity index (χ1v) is 10.3. The van der Waals surface area contributed by atoms with Gasteiger partial charge < -0.3 is 4.74 Å². The van der Waals surface area contributed by atoms with Crippen molar-refractivity contribution in [1.29, 1.82) is 0 Å². The molecule has 4 atom stereocenters. The van der Waals surface area contributed by atoms with Crippen molar-refractivity contribution in [1.82, 2.24) is 4.90 Å². The van der Waals surface area contributed by atoms with Gasteiger partial charge in [-0.25, -0.2) is 4.79 Å². The number of amides is 2. The molecular formula is C24H23NO4. The zero-order chi connectivity index (χ0) is 20.0. The molecule has 3 aliphatic rings. The Hall–Kier alpha value is -2.95. The van der Waals surface area contributed by atoms with Crippen molar-refractivity contribution in [3.63, 3.8) is 0 Å². The number of rotatable bonds is 5. The smallest absolute Gasteiger partial charge is 0.331 e. The van der Waals surface area contributed by atoms with Crippen LogP contribution in [0, 0.1) is 23.7 Å². The highest BCUT2D eigenvalue weighted by Crippen LogP contribution is 2.56. The highest BCUT2D eigenvalue weighted by molar-refractivity contribution is 6.07. The molecule has 2 aromatic rings. The monoisotopic (exact) mass is 389 g/mol. The minimum Gasteiger partial charge on any atom is -0.425 e. The lowest BCUT2D eigenvalue weighted by Crippen LogP contribution is -2.38. The molecular weight excluding hydrogens is 366 g/mol. The Labute approximate surface area is 169 Å². The predicted octanol–water partition coefficient (Wildman–Crippen LogP) is 3.21. The molecule has 0 spiro atoms. The summed E-state index contributed by atoms with van der Waals surface area (Å²) in [6.45, 7) is -0.296. The summed E-state index contributed by atoms with van der Waals surface area (Å²) in [5, 5.41) is 0. The Morgan fingerprint density at radius 1 is 0.862 bits per heavy atom. The number of fused-ring (bicyclic) bond motifs is 5. The van der Waals surface area contributed by atoms with Crippen LogP contribution in [0.3, 0.4) is 0 Å². The lowest BCUT2D eigenvalue weighted by atomic mass is 9.81. The zero-order valence-electron chi connectivity index (χ0n) is 16.1. The van der Waals surface area contributed by atoms with Crippen molar-refractivity contribution in [2.45, 2.75) is 25.7 Å². The summed E-state index contributed by atoms with van der Waals surface area (Å²) in [4.78, 5) is 38.9. The van der Waals surface area contributed by atoms with Crippen LogP contribution in [0.4, 0.5) is 0 Å². The summed E-state index contributed by atoms with van der Waals surface area (Å²) in [7, 11) is 0. The van der Waals surface area contributed by atoms with Gasteiger partial charge in [-0.1, -0.05) is 42.5 Å². The molecule has 0 aromatic heterocycles. The third-order valence-corrected chi connectivity index (χ3v) is 6.71. The lowest BCUT2D eigenvalue weighted by Gasteiger charge is -2.19. The van der Waals surface area contributed by atoms with Crippen LogP contribution in [0.15, 0.2) is 54.6 Å². The zero-order valence-corrected chi connectivity index (χ0v) is 16.1. The van der Waals surface area contributed by atoms with E-state index >= 15 is 0 Å². The maximum Gasteiger partial charge on any atom is 0.331 e. The van der Waals surface area contributed by atoms with Gasteiger partial charge in [-0.2, -0.15) is 0 Å². The van der Waals surface area contributed by atoms with E-state index in [-0.39, 0.29) is 30.2 Å². The van der Waals surface area contributed by atoms with E-state index in [0.29, 0.717) is 17.6 Å². The SMILES string of the molecule is O=C(CN1C(=O)[C@@H]2[C@H]3CC[C@@H](C3)[C@@H]2C1=O)Oc1ccc(Cc2ccccc2)cc1. The Balaban J connectivity index is 1.20. The highest BCUT2D eigenvalue weighted by Gasteiger charge is 2.61. The van der Waals surface area contributed by atoms with E-state index in [1.165, 1.54) is 5.56 Å². The quantitative estimate of drug-likeness (QED) is 0.448. The number of likely N-dealkylation sites (tertiary alicyclic amines) is 1. The summed E-state index contributed by atoms with van der Waals surface area (Å²) < 4.78 is 5.38. The molecule has 1 heterocycles.